The van der Waals surface area contributed by atoms with Gasteiger partial charge >= 0.3 is 0 Å². The number of terminal acetylenes is 1. The Bertz CT molecular complexity index is 920. The number of rotatable bonds is 2. The van der Waals surface area contributed by atoms with Gasteiger partial charge in [-0.25, -0.2) is 4.99 Å². The Morgan fingerprint density at radius 1 is 1.32 bits per heavy atom. The Labute approximate surface area is 147 Å². The molecule has 1 unspecified atom stereocenters. The van der Waals surface area contributed by atoms with Crippen LogP contribution in [-0.2, 0) is 17.4 Å². The van der Waals surface area contributed by atoms with Gasteiger partial charge in [0.2, 0.25) is 5.91 Å². The number of amides is 1. The normalized spacial score (nSPS) is 23.3. The quantitative estimate of drug-likeness (QED) is 0.849. The summed E-state index contributed by atoms with van der Waals surface area (Å²) >= 11 is 0. The molecule has 2 heterocycles. The van der Waals surface area contributed by atoms with Crippen LogP contribution in [0.2, 0.25) is 0 Å². The van der Waals surface area contributed by atoms with Crippen molar-refractivity contribution in [1.82, 2.24) is 14.7 Å². The first-order valence-electron chi connectivity index (χ1n) is 8.02. The third-order valence-corrected chi connectivity index (χ3v) is 4.96. The molecular formula is C19H21N5O. The minimum absolute atomic E-state index is 0.0629. The van der Waals surface area contributed by atoms with E-state index in [2.05, 4.69) is 16.0 Å². The lowest BCUT2D eigenvalue weighted by Gasteiger charge is -2.38. The van der Waals surface area contributed by atoms with E-state index in [1.165, 1.54) is 4.90 Å². The summed E-state index contributed by atoms with van der Waals surface area (Å²) in [7, 11) is 3.48. The second-order valence-corrected chi connectivity index (χ2v) is 6.50. The third-order valence-electron chi connectivity index (χ3n) is 4.96. The first-order valence-corrected chi connectivity index (χ1v) is 8.02. The fourth-order valence-corrected chi connectivity index (χ4v) is 3.18. The van der Waals surface area contributed by atoms with Crippen molar-refractivity contribution >= 4 is 11.9 Å². The lowest BCUT2D eigenvalue weighted by atomic mass is 9.82. The molecule has 3 rings (SSSR count). The molecule has 0 spiro atoms. The minimum Gasteiger partial charge on any atom is -0.369 e. The Hall–Kier alpha value is -3.07. The lowest BCUT2D eigenvalue weighted by molar-refractivity contribution is -0.133. The Morgan fingerprint density at radius 2 is 2.04 bits per heavy atom. The highest BCUT2D eigenvalue weighted by Gasteiger charge is 2.45. The van der Waals surface area contributed by atoms with Crippen molar-refractivity contribution in [2.45, 2.75) is 19.4 Å². The summed E-state index contributed by atoms with van der Waals surface area (Å²) in [4.78, 5) is 18.5. The standard InChI is InChI=1S/C19H21N5O/c1-6-13-8-7-9-14(10-13)15-11-16(24(5)22-15)19(3)12(2)17(25)23(4)18(20)21-19/h1,7-12H,2-5H3,(H2,20,21)/t12?,19-/m0/s1. The molecule has 1 aliphatic rings. The number of guanidine groups is 1. The summed E-state index contributed by atoms with van der Waals surface area (Å²) in [5.41, 5.74) is 8.49. The summed E-state index contributed by atoms with van der Waals surface area (Å²) in [5.74, 6) is 2.42. The van der Waals surface area contributed by atoms with Crippen LogP contribution < -0.4 is 5.73 Å². The zero-order chi connectivity index (χ0) is 18.4. The monoisotopic (exact) mass is 335 g/mol. The molecule has 2 N–H and O–H groups in total. The molecule has 6 nitrogen and oxygen atoms in total. The van der Waals surface area contributed by atoms with Crippen molar-refractivity contribution in [1.29, 1.82) is 0 Å². The molecule has 1 amide bonds. The van der Waals surface area contributed by atoms with Gasteiger partial charge < -0.3 is 5.73 Å². The minimum atomic E-state index is -0.780. The molecular weight excluding hydrogens is 314 g/mol. The Balaban J connectivity index is 2.11. The number of nitrogens with two attached hydrogens (primary N) is 1. The first-order chi connectivity index (χ1) is 11.8. The first kappa shape index (κ1) is 16.8. The van der Waals surface area contributed by atoms with Crippen LogP contribution in [0, 0.1) is 18.3 Å². The van der Waals surface area contributed by atoms with Crippen molar-refractivity contribution < 1.29 is 4.79 Å². The molecule has 1 aromatic carbocycles. The molecule has 2 aromatic rings. The Morgan fingerprint density at radius 3 is 2.72 bits per heavy atom. The van der Waals surface area contributed by atoms with E-state index in [0.717, 1.165) is 22.5 Å². The van der Waals surface area contributed by atoms with Crippen LogP contribution in [0.15, 0.2) is 35.3 Å². The zero-order valence-electron chi connectivity index (χ0n) is 14.8. The predicted octanol–water partition coefficient (Wildman–Crippen LogP) is 1.71. The summed E-state index contributed by atoms with van der Waals surface area (Å²) in [6.07, 6.45) is 5.48. The van der Waals surface area contributed by atoms with E-state index in [4.69, 9.17) is 12.2 Å². The second-order valence-electron chi connectivity index (χ2n) is 6.50. The number of carbonyl (C=O) groups is 1. The number of benzene rings is 1. The highest BCUT2D eigenvalue weighted by Crippen LogP contribution is 2.38. The predicted molar refractivity (Wildman–Crippen MR) is 97.5 cm³/mol. The van der Waals surface area contributed by atoms with Crippen LogP contribution in [-0.4, -0.2) is 33.6 Å². The maximum Gasteiger partial charge on any atom is 0.234 e. The van der Waals surface area contributed by atoms with Crippen LogP contribution in [0.5, 0.6) is 0 Å². The fraction of sp³-hybridized carbons (Fsp3) is 0.316. The average Bonchev–Trinajstić information content (AvgIpc) is 3.01. The molecule has 0 bridgehead atoms. The number of hydrogen-bond donors (Lipinski definition) is 1. The van der Waals surface area contributed by atoms with Gasteiger partial charge in [0.05, 0.1) is 17.3 Å². The third kappa shape index (κ3) is 2.58. The number of nitrogens with zero attached hydrogens (tertiary/aromatic N) is 4. The summed E-state index contributed by atoms with van der Waals surface area (Å²) in [6.45, 7) is 3.77. The van der Waals surface area contributed by atoms with Crippen molar-refractivity contribution in [3.8, 4) is 23.6 Å². The molecule has 0 aliphatic carbocycles. The maximum atomic E-state index is 12.5. The van der Waals surface area contributed by atoms with Crippen LogP contribution in [0.3, 0.4) is 0 Å². The van der Waals surface area contributed by atoms with Crippen molar-refractivity contribution in [3.63, 3.8) is 0 Å². The van der Waals surface area contributed by atoms with Crippen LogP contribution in [0.1, 0.15) is 25.1 Å². The smallest absolute Gasteiger partial charge is 0.234 e. The van der Waals surface area contributed by atoms with Gasteiger partial charge in [0, 0.05) is 25.2 Å². The number of carbonyl (C=O) groups excluding carboxylic acids is 1. The SMILES string of the molecule is C#Cc1cccc(-c2cc([C@@]3(C)N=C(N)N(C)C(=O)C3C)n(C)n2)c1. The van der Waals surface area contributed by atoms with Crippen molar-refractivity contribution in [2.24, 2.45) is 23.7 Å². The number of aliphatic imine (C=N–C) groups is 1. The number of hydrogen-bond acceptors (Lipinski definition) is 4. The average molecular weight is 335 g/mol. The molecule has 6 heteroatoms. The van der Waals surface area contributed by atoms with Gasteiger partial charge in [0.15, 0.2) is 5.96 Å². The zero-order valence-corrected chi connectivity index (χ0v) is 14.8. The molecule has 0 radical (unpaired) electrons. The van der Waals surface area contributed by atoms with Gasteiger partial charge in [-0.3, -0.25) is 14.4 Å². The summed E-state index contributed by atoms with van der Waals surface area (Å²) in [6, 6.07) is 9.59. The Kier molecular flexibility index (Phi) is 3.88. The van der Waals surface area contributed by atoms with E-state index in [1.807, 2.05) is 51.2 Å². The van der Waals surface area contributed by atoms with E-state index in [1.54, 1.807) is 11.7 Å². The molecule has 0 saturated carbocycles. The van der Waals surface area contributed by atoms with Gasteiger partial charge in [0.25, 0.3) is 0 Å². The van der Waals surface area contributed by atoms with E-state index in [0.29, 0.717) is 0 Å². The van der Waals surface area contributed by atoms with E-state index in [9.17, 15) is 4.79 Å². The van der Waals surface area contributed by atoms with E-state index < -0.39 is 5.54 Å². The van der Waals surface area contributed by atoms with Crippen LogP contribution in [0.25, 0.3) is 11.3 Å². The van der Waals surface area contributed by atoms with Crippen molar-refractivity contribution in [3.05, 3.63) is 41.6 Å². The second kappa shape index (κ2) is 5.78. The molecule has 0 saturated heterocycles. The fourth-order valence-electron chi connectivity index (χ4n) is 3.18. The summed E-state index contributed by atoms with van der Waals surface area (Å²) < 4.78 is 1.75. The molecule has 128 valence electrons. The maximum absolute atomic E-state index is 12.5. The van der Waals surface area contributed by atoms with Gasteiger partial charge in [-0.15, -0.1) is 6.42 Å². The van der Waals surface area contributed by atoms with Gasteiger partial charge in [-0.05, 0) is 25.1 Å². The number of aryl methyl sites for hydroxylation is 1. The highest BCUT2D eigenvalue weighted by molar-refractivity contribution is 5.99. The topological polar surface area (TPSA) is 76.5 Å². The van der Waals surface area contributed by atoms with Crippen molar-refractivity contribution in [2.75, 3.05) is 7.05 Å². The highest BCUT2D eigenvalue weighted by atomic mass is 16.2. The van der Waals surface area contributed by atoms with Crippen LogP contribution >= 0.6 is 0 Å². The molecule has 1 aromatic heterocycles. The molecule has 2 atom stereocenters. The number of aromatic nitrogens is 2. The van der Waals surface area contributed by atoms with E-state index >= 15 is 0 Å². The van der Waals surface area contributed by atoms with Gasteiger partial charge in [-0.1, -0.05) is 25.0 Å². The largest absolute Gasteiger partial charge is 0.369 e. The van der Waals surface area contributed by atoms with Gasteiger partial charge in [0.1, 0.15) is 5.54 Å². The molecule has 25 heavy (non-hydrogen) atoms. The van der Waals surface area contributed by atoms with E-state index in [-0.39, 0.29) is 17.8 Å². The molecule has 0 fully saturated rings. The molecule has 1 aliphatic heterocycles. The van der Waals surface area contributed by atoms with Gasteiger partial charge in [-0.2, -0.15) is 5.10 Å². The lowest BCUT2D eigenvalue weighted by Crippen LogP contribution is -2.53. The van der Waals surface area contributed by atoms with Crippen LogP contribution in [0.4, 0.5) is 0 Å². The summed E-state index contributed by atoms with van der Waals surface area (Å²) in [5, 5.41) is 4.59.